The summed E-state index contributed by atoms with van der Waals surface area (Å²) in [5.41, 5.74) is 7.06. The summed E-state index contributed by atoms with van der Waals surface area (Å²) in [6.45, 7) is 6.17. The molecule has 0 radical (unpaired) electrons. The van der Waals surface area contributed by atoms with E-state index in [1.165, 1.54) is 0 Å². The van der Waals surface area contributed by atoms with Crippen LogP contribution in [0.25, 0.3) is 0 Å². The molecule has 1 heterocycles. The van der Waals surface area contributed by atoms with E-state index in [-0.39, 0.29) is 12.8 Å². The Hall–Kier alpha value is -1.46. The number of likely N-dealkylation sites (N-methyl/N-ethyl adjacent to an activating group) is 1. The number of methoxy groups -OCH3 is 1. The second kappa shape index (κ2) is 6.33. The van der Waals surface area contributed by atoms with Gasteiger partial charge in [-0.25, -0.2) is 0 Å². The molecular formula is C15H24N2O3. The van der Waals surface area contributed by atoms with Crippen molar-refractivity contribution >= 4 is 0 Å². The molecule has 1 unspecified atom stereocenters. The van der Waals surface area contributed by atoms with Gasteiger partial charge >= 0.3 is 0 Å². The molecule has 0 saturated carbocycles. The average molecular weight is 280 g/mol. The van der Waals surface area contributed by atoms with Gasteiger partial charge in [0.05, 0.1) is 7.11 Å². The zero-order chi connectivity index (χ0) is 14.7. The second-order valence-electron chi connectivity index (χ2n) is 5.54. The number of benzene rings is 1. The van der Waals surface area contributed by atoms with Crippen molar-refractivity contribution in [2.45, 2.75) is 19.9 Å². The van der Waals surface area contributed by atoms with Gasteiger partial charge in [0.15, 0.2) is 11.5 Å². The van der Waals surface area contributed by atoms with Crippen LogP contribution in [0.1, 0.15) is 25.5 Å². The first-order valence-electron chi connectivity index (χ1n) is 6.94. The summed E-state index contributed by atoms with van der Waals surface area (Å²) in [6, 6.07) is 4.13. The van der Waals surface area contributed by atoms with Gasteiger partial charge in [0.1, 0.15) is 0 Å². The molecule has 20 heavy (non-hydrogen) atoms. The van der Waals surface area contributed by atoms with E-state index in [4.69, 9.17) is 19.9 Å². The van der Waals surface area contributed by atoms with Gasteiger partial charge < -0.3 is 19.9 Å². The highest BCUT2D eigenvalue weighted by atomic mass is 16.7. The molecule has 1 aromatic carbocycles. The van der Waals surface area contributed by atoms with Gasteiger partial charge in [0, 0.05) is 19.1 Å². The first kappa shape index (κ1) is 14.9. The highest BCUT2D eigenvalue weighted by Gasteiger charge is 2.24. The van der Waals surface area contributed by atoms with Crippen LogP contribution in [0.3, 0.4) is 0 Å². The summed E-state index contributed by atoms with van der Waals surface area (Å²) >= 11 is 0. The Labute approximate surface area is 120 Å². The van der Waals surface area contributed by atoms with Crippen LogP contribution < -0.4 is 19.9 Å². The molecule has 0 bridgehead atoms. The molecule has 5 nitrogen and oxygen atoms in total. The van der Waals surface area contributed by atoms with Crippen molar-refractivity contribution < 1.29 is 14.2 Å². The summed E-state index contributed by atoms with van der Waals surface area (Å²) in [4.78, 5) is 2.27. The fraction of sp³-hybridized carbons (Fsp3) is 0.600. The number of nitrogens with two attached hydrogens (primary N) is 1. The Kier molecular flexibility index (Phi) is 4.73. The number of ether oxygens (including phenoxy) is 3. The molecule has 0 amide bonds. The third-order valence-corrected chi connectivity index (χ3v) is 3.47. The minimum atomic E-state index is 0.140. The minimum Gasteiger partial charge on any atom is -0.493 e. The highest BCUT2D eigenvalue weighted by molar-refractivity contribution is 5.55. The van der Waals surface area contributed by atoms with Crippen molar-refractivity contribution in [2.75, 3.05) is 34.0 Å². The molecule has 2 rings (SSSR count). The summed E-state index contributed by atoms with van der Waals surface area (Å²) in [5, 5.41) is 0. The Bertz CT molecular complexity index is 463. The van der Waals surface area contributed by atoms with E-state index in [0.29, 0.717) is 24.0 Å². The molecule has 2 N–H and O–H groups in total. The van der Waals surface area contributed by atoms with Crippen LogP contribution in [0.4, 0.5) is 0 Å². The van der Waals surface area contributed by atoms with Crippen LogP contribution in [0.5, 0.6) is 17.2 Å². The van der Waals surface area contributed by atoms with Crippen molar-refractivity contribution in [1.82, 2.24) is 4.90 Å². The molecule has 0 saturated heterocycles. The van der Waals surface area contributed by atoms with E-state index in [1.807, 2.05) is 12.1 Å². The standard InChI is InChI=1S/C15H24N2O3/c1-10(2)8-17(3)12(7-16)11-5-13(18-4)15-14(6-11)19-9-20-15/h5-6,10,12H,7-9,16H2,1-4H3. The number of hydrogen-bond donors (Lipinski definition) is 1. The summed E-state index contributed by atoms with van der Waals surface area (Å²) in [6.07, 6.45) is 0. The molecule has 0 aliphatic carbocycles. The third kappa shape index (κ3) is 2.99. The third-order valence-electron chi connectivity index (χ3n) is 3.47. The van der Waals surface area contributed by atoms with Gasteiger partial charge in [-0.3, -0.25) is 4.90 Å². The molecule has 0 fully saturated rings. The van der Waals surface area contributed by atoms with Crippen molar-refractivity contribution in [3.8, 4) is 17.2 Å². The maximum absolute atomic E-state index is 5.96. The largest absolute Gasteiger partial charge is 0.493 e. The maximum Gasteiger partial charge on any atom is 0.231 e. The Morgan fingerprint density at radius 3 is 2.70 bits per heavy atom. The predicted molar refractivity (Wildman–Crippen MR) is 78.4 cm³/mol. The SMILES string of the molecule is COc1cc(C(CN)N(C)CC(C)C)cc2c1OCO2. The van der Waals surface area contributed by atoms with E-state index in [2.05, 4.69) is 25.8 Å². The van der Waals surface area contributed by atoms with Gasteiger partial charge in [-0.2, -0.15) is 0 Å². The summed E-state index contributed by atoms with van der Waals surface area (Å²) in [7, 11) is 3.73. The minimum absolute atomic E-state index is 0.140. The van der Waals surface area contributed by atoms with E-state index in [0.717, 1.165) is 17.9 Å². The first-order valence-corrected chi connectivity index (χ1v) is 6.94. The number of nitrogens with zero attached hydrogens (tertiary/aromatic N) is 1. The monoisotopic (exact) mass is 280 g/mol. The van der Waals surface area contributed by atoms with Gasteiger partial charge in [-0.1, -0.05) is 13.8 Å². The smallest absolute Gasteiger partial charge is 0.231 e. The molecule has 112 valence electrons. The quantitative estimate of drug-likeness (QED) is 0.864. The molecule has 1 aliphatic heterocycles. The topological polar surface area (TPSA) is 57.0 Å². The normalized spacial score (nSPS) is 14.9. The van der Waals surface area contributed by atoms with Gasteiger partial charge in [0.2, 0.25) is 12.5 Å². The zero-order valence-corrected chi connectivity index (χ0v) is 12.7. The van der Waals surface area contributed by atoms with Crippen molar-refractivity contribution in [3.63, 3.8) is 0 Å². The lowest BCUT2D eigenvalue weighted by Crippen LogP contribution is -2.33. The van der Waals surface area contributed by atoms with Crippen LogP contribution in [0.2, 0.25) is 0 Å². The molecule has 1 atom stereocenters. The van der Waals surface area contributed by atoms with Crippen LogP contribution in [0, 0.1) is 5.92 Å². The van der Waals surface area contributed by atoms with E-state index >= 15 is 0 Å². The van der Waals surface area contributed by atoms with Gasteiger partial charge in [0.25, 0.3) is 0 Å². The Morgan fingerprint density at radius 2 is 2.10 bits per heavy atom. The fourth-order valence-electron chi connectivity index (χ4n) is 2.62. The summed E-state index contributed by atoms with van der Waals surface area (Å²) < 4.78 is 16.3. The Morgan fingerprint density at radius 1 is 1.35 bits per heavy atom. The molecular weight excluding hydrogens is 256 g/mol. The highest BCUT2D eigenvalue weighted by Crippen LogP contribution is 2.43. The van der Waals surface area contributed by atoms with Gasteiger partial charge in [-0.15, -0.1) is 0 Å². The van der Waals surface area contributed by atoms with Crippen molar-refractivity contribution in [3.05, 3.63) is 17.7 Å². The van der Waals surface area contributed by atoms with Crippen LogP contribution in [0.15, 0.2) is 12.1 Å². The van der Waals surface area contributed by atoms with E-state index in [1.54, 1.807) is 7.11 Å². The second-order valence-corrected chi connectivity index (χ2v) is 5.54. The number of rotatable bonds is 6. The Balaban J connectivity index is 2.30. The lowest BCUT2D eigenvalue weighted by atomic mass is 10.0. The molecule has 1 aromatic rings. The maximum atomic E-state index is 5.96. The lowest BCUT2D eigenvalue weighted by Gasteiger charge is -2.29. The van der Waals surface area contributed by atoms with Crippen LogP contribution >= 0.6 is 0 Å². The van der Waals surface area contributed by atoms with Crippen LogP contribution in [-0.4, -0.2) is 38.9 Å². The fourth-order valence-corrected chi connectivity index (χ4v) is 2.62. The summed E-state index contributed by atoms with van der Waals surface area (Å²) in [5.74, 6) is 2.70. The molecule has 1 aliphatic rings. The average Bonchev–Trinajstić information content (AvgIpc) is 2.86. The molecule has 0 aromatic heterocycles. The lowest BCUT2D eigenvalue weighted by molar-refractivity contribution is 0.171. The molecule has 5 heteroatoms. The van der Waals surface area contributed by atoms with E-state index < -0.39 is 0 Å². The predicted octanol–water partition coefficient (Wildman–Crippen LogP) is 2.01. The van der Waals surface area contributed by atoms with Crippen LogP contribution in [-0.2, 0) is 0 Å². The van der Waals surface area contributed by atoms with Crippen molar-refractivity contribution in [2.24, 2.45) is 11.7 Å². The number of hydrogen-bond acceptors (Lipinski definition) is 5. The number of fused-ring (bicyclic) bond motifs is 1. The molecule has 0 spiro atoms. The van der Waals surface area contributed by atoms with Gasteiger partial charge in [-0.05, 0) is 30.7 Å². The first-order chi connectivity index (χ1) is 9.56. The zero-order valence-electron chi connectivity index (χ0n) is 12.7. The van der Waals surface area contributed by atoms with Crippen molar-refractivity contribution in [1.29, 1.82) is 0 Å². The van der Waals surface area contributed by atoms with E-state index in [9.17, 15) is 0 Å².